The fourth-order valence-electron chi connectivity index (χ4n) is 2.56. The van der Waals surface area contributed by atoms with Crippen molar-refractivity contribution in [2.45, 2.75) is 0 Å². The minimum absolute atomic E-state index is 0.0408. The van der Waals surface area contributed by atoms with Gasteiger partial charge in [-0.25, -0.2) is 4.79 Å². The molecular formula is C18H15ClN2O5S. The van der Waals surface area contributed by atoms with Gasteiger partial charge in [0.15, 0.2) is 0 Å². The Morgan fingerprint density at radius 2 is 1.78 bits per heavy atom. The van der Waals surface area contributed by atoms with Gasteiger partial charge in [0, 0.05) is 24.7 Å². The molecule has 0 radical (unpaired) electrons. The molecule has 2 aromatic rings. The lowest BCUT2D eigenvalue weighted by Gasteiger charge is -2.29. The van der Waals surface area contributed by atoms with E-state index in [1.54, 1.807) is 24.3 Å². The van der Waals surface area contributed by atoms with Crippen LogP contribution in [0.2, 0.25) is 5.02 Å². The van der Waals surface area contributed by atoms with Crippen LogP contribution in [-0.2, 0) is 4.74 Å². The average molecular weight is 407 g/mol. The molecule has 0 amide bonds. The Hall–Kier alpha value is -2.55. The summed E-state index contributed by atoms with van der Waals surface area (Å²) in [7, 11) is 0. The van der Waals surface area contributed by atoms with Gasteiger partial charge in [-0.05, 0) is 36.4 Å². The first-order valence-electron chi connectivity index (χ1n) is 8.09. The Labute approximate surface area is 165 Å². The summed E-state index contributed by atoms with van der Waals surface area (Å²) in [6, 6.07) is 10.6. The van der Waals surface area contributed by atoms with Crippen LogP contribution in [0.3, 0.4) is 0 Å². The van der Waals surface area contributed by atoms with Crippen LogP contribution in [0.5, 0.6) is 5.75 Å². The fraction of sp³-hybridized carbons (Fsp3) is 0.222. The second kappa shape index (κ2) is 8.43. The lowest BCUT2D eigenvalue weighted by molar-refractivity contribution is -0.384. The number of morpholine rings is 1. The molecule has 1 aliphatic heterocycles. The number of hydrogen-bond acceptors (Lipinski definition) is 6. The van der Waals surface area contributed by atoms with Gasteiger partial charge in [0.25, 0.3) is 5.69 Å². The Balaban J connectivity index is 1.69. The Morgan fingerprint density at radius 1 is 1.15 bits per heavy atom. The molecule has 140 valence electrons. The average Bonchev–Trinajstić information content (AvgIpc) is 2.68. The summed E-state index contributed by atoms with van der Waals surface area (Å²) < 4.78 is 10.6. The van der Waals surface area contributed by atoms with Crippen molar-refractivity contribution in [2.75, 3.05) is 26.3 Å². The molecule has 0 atom stereocenters. The van der Waals surface area contributed by atoms with Crippen molar-refractivity contribution in [1.29, 1.82) is 0 Å². The highest BCUT2D eigenvalue weighted by atomic mass is 35.5. The molecular weight excluding hydrogens is 392 g/mol. The quantitative estimate of drug-likeness (QED) is 0.253. The molecule has 0 bridgehead atoms. The number of nitro groups is 1. The van der Waals surface area contributed by atoms with E-state index in [-0.39, 0.29) is 16.3 Å². The summed E-state index contributed by atoms with van der Waals surface area (Å²) >= 11 is 11.2. The number of hydrogen-bond donors (Lipinski definition) is 0. The minimum Gasteiger partial charge on any atom is -0.423 e. The molecule has 0 N–H and O–H groups in total. The van der Waals surface area contributed by atoms with Crippen molar-refractivity contribution in [1.82, 2.24) is 4.90 Å². The number of thiocarbonyl (C=S) groups is 1. The van der Waals surface area contributed by atoms with Crippen molar-refractivity contribution in [3.63, 3.8) is 0 Å². The second-order valence-electron chi connectivity index (χ2n) is 5.74. The normalized spacial score (nSPS) is 13.9. The third-order valence-electron chi connectivity index (χ3n) is 3.99. The second-order valence-corrected chi connectivity index (χ2v) is 6.54. The summed E-state index contributed by atoms with van der Waals surface area (Å²) in [4.78, 5) is 25.3. The molecule has 0 saturated carbocycles. The molecule has 1 fully saturated rings. The van der Waals surface area contributed by atoms with Crippen molar-refractivity contribution >= 4 is 40.5 Å². The highest BCUT2D eigenvalue weighted by Crippen LogP contribution is 2.26. The Bertz CT molecular complexity index is 882. The molecule has 27 heavy (non-hydrogen) atoms. The Morgan fingerprint density at radius 3 is 2.41 bits per heavy atom. The summed E-state index contributed by atoms with van der Waals surface area (Å²) in [6.07, 6.45) is 0. The zero-order valence-electron chi connectivity index (χ0n) is 14.1. The van der Waals surface area contributed by atoms with Gasteiger partial charge >= 0.3 is 5.97 Å². The van der Waals surface area contributed by atoms with E-state index in [0.29, 0.717) is 24.0 Å². The SMILES string of the molecule is O=C(Oc1ccc(C(=S)N2CCOCC2)cc1)c1ccc(Cl)c([N+](=O)[O-])c1. The monoisotopic (exact) mass is 406 g/mol. The topological polar surface area (TPSA) is 81.9 Å². The number of esters is 1. The van der Waals surface area contributed by atoms with E-state index in [1.165, 1.54) is 12.1 Å². The highest BCUT2D eigenvalue weighted by molar-refractivity contribution is 7.80. The van der Waals surface area contributed by atoms with Crippen LogP contribution in [0.1, 0.15) is 15.9 Å². The highest BCUT2D eigenvalue weighted by Gasteiger charge is 2.18. The molecule has 1 aliphatic rings. The number of nitrogens with zero attached hydrogens (tertiary/aromatic N) is 2. The number of benzene rings is 2. The third-order valence-corrected chi connectivity index (χ3v) is 4.80. The molecule has 3 rings (SSSR count). The number of halogens is 1. The maximum atomic E-state index is 12.2. The van der Waals surface area contributed by atoms with E-state index in [0.717, 1.165) is 24.7 Å². The van der Waals surface area contributed by atoms with Gasteiger partial charge in [-0.1, -0.05) is 23.8 Å². The van der Waals surface area contributed by atoms with E-state index >= 15 is 0 Å². The van der Waals surface area contributed by atoms with Crippen molar-refractivity contribution in [3.05, 3.63) is 68.7 Å². The fourth-order valence-corrected chi connectivity index (χ4v) is 3.07. The maximum Gasteiger partial charge on any atom is 0.343 e. The van der Waals surface area contributed by atoms with Gasteiger partial charge in [-0.2, -0.15) is 0 Å². The molecule has 7 nitrogen and oxygen atoms in total. The van der Waals surface area contributed by atoms with Crippen molar-refractivity contribution in [2.24, 2.45) is 0 Å². The van der Waals surface area contributed by atoms with Crippen LogP contribution < -0.4 is 4.74 Å². The summed E-state index contributed by atoms with van der Waals surface area (Å²) in [5.41, 5.74) is 0.533. The lowest BCUT2D eigenvalue weighted by atomic mass is 10.2. The van der Waals surface area contributed by atoms with Crippen LogP contribution >= 0.6 is 23.8 Å². The van der Waals surface area contributed by atoms with Gasteiger partial charge in [0.1, 0.15) is 15.8 Å². The van der Waals surface area contributed by atoms with Gasteiger partial charge in [-0.15, -0.1) is 0 Å². The molecule has 0 aliphatic carbocycles. The first-order chi connectivity index (χ1) is 13.0. The number of carbonyl (C=O) groups excluding carboxylic acids is 1. The lowest BCUT2D eigenvalue weighted by Crippen LogP contribution is -2.40. The molecule has 2 aromatic carbocycles. The van der Waals surface area contributed by atoms with E-state index in [9.17, 15) is 14.9 Å². The van der Waals surface area contributed by atoms with Crippen LogP contribution in [-0.4, -0.2) is 47.1 Å². The van der Waals surface area contributed by atoms with Gasteiger partial charge in [0.2, 0.25) is 0 Å². The minimum atomic E-state index is -0.710. The van der Waals surface area contributed by atoms with Crippen LogP contribution in [0, 0.1) is 10.1 Å². The largest absolute Gasteiger partial charge is 0.423 e. The number of carbonyl (C=O) groups is 1. The predicted octanol–water partition coefficient (Wildman–Crippen LogP) is 3.48. The molecule has 1 saturated heterocycles. The number of nitro benzene ring substituents is 1. The van der Waals surface area contributed by atoms with Crippen molar-refractivity contribution in [3.8, 4) is 5.75 Å². The summed E-state index contributed by atoms with van der Waals surface area (Å²) in [6.45, 7) is 2.77. The van der Waals surface area contributed by atoms with E-state index in [2.05, 4.69) is 4.90 Å². The van der Waals surface area contributed by atoms with Gasteiger partial charge in [-0.3, -0.25) is 10.1 Å². The Kier molecular flexibility index (Phi) is 6.00. The first kappa shape index (κ1) is 19.2. The number of ether oxygens (including phenoxy) is 2. The standard InChI is InChI=1S/C18H15ClN2O5S/c19-15-6-3-13(11-16(15)21(23)24)18(22)26-14-4-1-12(2-5-14)17(27)20-7-9-25-10-8-20/h1-6,11H,7-10H2. The van der Waals surface area contributed by atoms with E-state index in [1.807, 2.05) is 0 Å². The summed E-state index contributed by atoms with van der Waals surface area (Å²) in [5, 5.41) is 10.9. The van der Waals surface area contributed by atoms with Crippen molar-refractivity contribution < 1.29 is 19.2 Å². The molecule has 9 heteroatoms. The van der Waals surface area contributed by atoms with E-state index in [4.69, 9.17) is 33.3 Å². The van der Waals surface area contributed by atoms with Crippen LogP contribution in [0.4, 0.5) is 5.69 Å². The van der Waals surface area contributed by atoms with Gasteiger partial charge in [0.05, 0.1) is 23.7 Å². The summed E-state index contributed by atoms with van der Waals surface area (Å²) in [5.74, 6) is -0.399. The van der Waals surface area contributed by atoms with Crippen LogP contribution in [0.25, 0.3) is 0 Å². The molecule has 0 aromatic heterocycles. The predicted molar refractivity (Wildman–Crippen MR) is 104 cm³/mol. The third kappa shape index (κ3) is 4.60. The smallest absolute Gasteiger partial charge is 0.343 e. The van der Waals surface area contributed by atoms with E-state index < -0.39 is 10.9 Å². The van der Waals surface area contributed by atoms with Gasteiger partial charge < -0.3 is 14.4 Å². The molecule has 0 spiro atoms. The molecule has 1 heterocycles. The first-order valence-corrected chi connectivity index (χ1v) is 8.87. The maximum absolute atomic E-state index is 12.2. The number of rotatable bonds is 4. The zero-order valence-corrected chi connectivity index (χ0v) is 15.7. The van der Waals surface area contributed by atoms with Crippen LogP contribution in [0.15, 0.2) is 42.5 Å². The zero-order chi connectivity index (χ0) is 19.4. The molecule has 0 unspecified atom stereocenters.